The van der Waals surface area contributed by atoms with Crippen molar-refractivity contribution in [1.82, 2.24) is 20.0 Å². The van der Waals surface area contributed by atoms with E-state index in [1.165, 1.54) is 29.7 Å². The SMILES string of the molecule is NC[C@@H]1CN(Cc2ccccc2)C[C@H]1C(=O)NCCc1cnn2c1CCCC2. The van der Waals surface area contributed by atoms with Crippen molar-refractivity contribution in [3.8, 4) is 0 Å². The lowest BCUT2D eigenvalue weighted by Crippen LogP contribution is -2.38. The molecule has 0 saturated carbocycles. The quantitative estimate of drug-likeness (QED) is 0.764. The summed E-state index contributed by atoms with van der Waals surface area (Å²) in [5.41, 5.74) is 9.91. The Kier molecular flexibility index (Phi) is 6.07. The van der Waals surface area contributed by atoms with Gasteiger partial charge in [0, 0.05) is 38.4 Å². The number of amides is 1. The Balaban J connectivity index is 1.29. The number of nitrogens with two attached hydrogens (primary N) is 1. The van der Waals surface area contributed by atoms with Crippen LogP contribution in [-0.4, -0.2) is 46.8 Å². The van der Waals surface area contributed by atoms with E-state index in [0.717, 1.165) is 39.0 Å². The van der Waals surface area contributed by atoms with Crippen molar-refractivity contribution < 1.29 is 4.79 Å². The number of aromatic nitrogens is 2. The van der Waals surface area contributed by atoms with Crippen LogP contribution in [0.2, 0.25) is 0 Å². The standard InChI is InChI=1S/C22H31N5O/c23-12-19-15-26(14-17-6-2-1-3-7-17)16-20(19)22(28)24-10-9-18-13-25-27-11-5-4-8-21(18)27/h1-3,6-7,13,19-20H,4-5,8-12,14-16,23H2,(H,24,28)/t19-,20-/m1/s1. The average Bonchev–Trinajstić information content (AvgIpc) is 3.33. The third-order valence-electron chi connectivity index (χ3n) is 6.17. The molecule has 150 valence electrons. The zero-order chi connectivity index (χ0) is 19.3. The molecule has 0 spiro atoms. The first-order chi connectivity index (χ1) is 13.7. The molecule has 2 aromatic rings. The van der Waals surface area contributed by atoms with E-state index in [9.17, 15) is 4.79 Å². The highest BCUT2D eigenvalue weighted by molar-refractivity contribution is 5.79. The highest BCUT2D eigenvalue weighted by atomic mass is 16.1. The van der Waals surface area contributed by atoms with Crippen LogP contribution in [0.5, 0.6) is 0 Å². The van der Waals surface area contributed by atoms with E-state index in [-0.39, 0.29) is 17.7 Å². The summed E-state index contributed by atoms with van der Waals surface area (Å²) in [4.78, 5) is 15.2. The summed E-state index contributed by atoms with van der Waals surface area (Å²) in [6, 6.07) is 10.4. The molecule has 0 radical (unpaired) electrons. The molecule has 1 fully saturated rings. The van der Waals surface area contributed by atoms with Gasteiger partial charge >= 0.3 is 0 Å². The van der Waals surface area contributed by atoms with Crippen LogP contribution >= 0.6 is 0 Å². The number of carbonyl (C=O) groups is 1. The van der Waals surface area contributed by atoms with Crippen LogP contribution in [0.4, 0.5) is 0 Å². The Bertz CT molecular complexity index is 787. The third-order valence-corrected chi connectivity index (χ3v) is 6.17. The normalized spacial score (nSPS) is 22.2. The highest BCUT2D eigenvalue weighted by Gasteiger charge is 2.36. The zero-order valence-electron chi connectivity index (χ0n) is 16.5. The van der Waals surface area contributed by atoms with Gasteiger partial charge in [0.05, 0.1) is 12.1 Å². The number of rotatable bonds is 7. The number of hydrogen-bond acceptors (Lipinski definition) is 4. The molecule has 2 aliphatic rings. The van der Waals surface area contributed by atoms with Gasteiger partial charge in [0.1, 0.15) is 0 Å². The van der Waals surface area contributed by atoms with Gasteiger partial charge < -0.3 is 11.1 Å². The summed E-state index contributed by atoms with van der Waals surface area (Å²) >= 11 is 0. The van der Waals surface area contributed by atoms with Crippen molar-refractivity contribution in [1.29, 1.82) is 0 Å². The summed E-state index contributed by atoms with van der Waals surface area (Å²) in [7, 11) is 0. The smallest absolute Gasteiger partial charge is 0.224 e. The lowest BCUT2D eigenvalue weighted by atomic mass is 9.95. The van der Waals surface area contributed by atoms with E-state index < -0.39 is 0 Å². The van der Waals surface area contributed by atoms with E-state index in [4.69, 9.17) is 5.73 Å². The number of fused-ring (bicyclic) bond motifs is 1. The molecule has 4 rings (SSSR count). The maximum absolute atomic E-state index is 12.8. The van der Waals surface area contributed by atoms with Crippen LogP contribution in [0, 0.1) is 11.8 Å². The fourth-order valence-electron chi connectivity index (χ4n) is 4.61. The second kappa shape index (κ2) is 8.88. The second-order valence-electron chi connectivity index (χ2n) is 8.12. The number of benzene rings is 1. The van der Waals surface area contributed by atoms with Gasteiger partial charge in [-0.3, -0.25) is 14.4 Å². The van der Waals surface area contributed by atoms with E-state index in [1.54, 1.807) is 0 Å². The van der Waals surface area contributed by atoms with Crippen LogP contribution in [0.1, 0.15) is 29.7 Å². The Morgan fingerprint density at radius 2 is 2.07 bits per heavy atom. The first-order valence-corrected chi connectivity index (χ1v) is 10.5. The van der Waals surface area contributed by atoms with Crippen LogP contribution < -0.4 is 11.1 Å². The topological polar surface area (TPSA) is 76.2 Å². The van der Waals surface area contributed by atoms with Crippen molar-refractivity contribution >= 4 is 5.91 Å². The van der Waals surface area contributed by atoms with Crippen molar-refractivity contribution in [2.24, 2.45) is 17.6 Å². The molecule has 0 bridgehead atoms. The molecule has 28 heavy (non-hydrogen) atoms. The number of nitrogens with one attached hydrogen (secondary N) is 1. The maximum atomic E-state index is 12.8. The molecule has 0 unspecified atom stereocenters. The highest BCUT2D eigenvalue weighted by Crippen LogP contribution is 2.24. The van der Waals surface area contributed by atoms with Gasteiger partial charge in [-0.15, -0.1) is 0 Å². The molecule has 2 aliphatic heterocycles. The monoisotopic (exact) mass is 381 g/mol. The Hall–Kier alpha value is -2.18. The van der Waals surface area contributed by atoms with E-state index in [2.05, 4.69) is 44.3 Å². The molecule has 1 amide bonds. The number of likely N-dealkylation sites (tertiary alicyclic amines) is 1. The van der Waals surface area contributed by atoms with Gasteiger partial charge in [0.15, 0.2) is 0 Å². The van der Waals surface area contributed by atoms with E-state index in [1.807, 2.05) is 12.3 Å². The number of aryl methyl sites for hydroxylation is 1. The van der Waals surface area contributed by atoms with Gasteiger partial charge in [-0.25, -0.2) is 0 Å². The molecule has 0 aliphatic carbocycles. The molecule has 1 aromatic carbocycles. The maximum Gasteiger partial charge on any atom is 0.224 e. The van der Waals surface area contributed by atoms with Crippen LogP contribution in [0.15, 0.2) is 36.5 Å². The van der Waals surface area contributed by atoms with Crippen molar-refractivity contribution in [2.75, 3.05) is 26.2 Å². The third kappa shape index (κ3) is 4.28. The largest absolute Gasteiger partial charge is 0.355 e. The first-order valence-electron chi connectivity index (χ1n) is 10.5. The summed E-state index contributed by atoms with van der Waals surface area (Å²) < 4.78 is 2.13. The predicted octanol–water partition coefficient (Wildman–Crippen LogP) is 1.58. The Labute approximate surface area is 167 Å². The molecule has 2 atom stereocenters. The number of hydrogen-bond donors (Lipinski definition) is 2. The van der Waals surface area contributed by atoms with E-state index >= 15 is 0 Å². The van der Waals surface area contributed by atoms with Crippen molar-refractivity contribution in [3.05, 3.63) is 53.3 Å². The summed E-state index contributed by atoms with van der Waals surface area (Å²) in [5, 5.41) is 7.65. The summed E-state index contributed by atoms with van der Waals surface area (Å²) in [6.45, 7) is 4.80. The summed E-state index contributed by atoms with van der Waals surface area (Å²) in [5.74, 6) is 0.356. The minimum absolute atomic E-state index is 0.0187. The lowest BCUT2D eigenvalue weighted by Gasteiger charge is -2.17. The fourth-order valence-corrected chi connectivity index (χ4v) is 4.61. The minimum Gasteiger partial charge on any atom is -0.355 e. The molecule has 1 saturated heterocycles. The lowest BCUT2D eigenvalue weighted by molar-refractivity contribution is -0.125. The number of nitrogens with zero attached hydrogens (tertiary/aromatic N) is 3. The second-order valence-corrected chi connectivity index (χ2v) is 8.12. The molecule has 6 heteroatoms. The molecular formula is C22H31N5O. The molecule has 1 aromatic heterocycles. The first kappa shape index (κ1) is 19.2. The average molecular weight is 382 g/mol. The predicted molar refractivity (Wildman–Crippen MR) is 110 cm³/mol. The Morgan fingerprint density at radius 3 is 2.89 bits per heavy atom. The molecule has 6 nitrogen and oxygen atoms in total. The van der Waals surface area contributed by atoms with Crippen molar-refractivity contribution in [2.45, 2.75) is 38.8 Å². The van der Waals surface area contributed by atoms with E-state index in [0.29, 0.717) is 13.1 Å². The van der Waals surface area contributed by atoms with Gasteiger partial charge in [0.25, 0.3) is 0 Å². The minimum atomic E-state index is -0.0187. The van der Waals surface area contributed by atoms with Gasteiger partial charge in [-0.05, 0) is 49.3 Å². The van der Waals surface area contributed by atoms with Crippen LogP contribution in [-0.2, 0) is 30.7 Å². The summed E-state index contributed by atoms with van der Waals surface area (Å²) in [6.07, 6.45) is 6.39. The molecule has 3 N–H and O–H groups in total. The van der Waals surface area contributed by atoms with Gasteiger partial charge in [-0.1, -0.05) is 30.3 Å². The van der Waals surface area contributed by atoms with Crippen molar-refractivity contribution in [3.63, 3.8) is 0 Å². The molecule has 3 heterocycles. The zero-order valence-corrected chi connectivity index (χ0v) is 16.5. The number of carbonyl (C=O) groups excluding carboxylic acids is 1. The molecular weight excluding hydrogens is 350 g/mol. The van der Waals surface area contributed by atoms with Crippen LogP contribution in [0.3, 0.4) is 0 Å². The van der Waals surface area contributed by atoms with Gasteiger partial charge in [-0.2, -0.15) is 5.10 Å². The Morgan fingerprint density at radius 1 is 1.21 bits per heavy atom. The fraction of sp³-hybridized carbons (Fsp3) is 0.545. The van der Waals surface area contributed by atoms with Gasteiger partial charge in [0.2, 0.25) is 5.91 Å². The van der Waals surface area contributed by atoms with Crippen LogP contribution in [0.25, 0.3) is 0 Å².